The molecule has 0 spiro atoms. The number of para-hydroxylation sites is 1. The number of hydrogen-bond donors (Lipinski definition) is 1. The van der Waals surface area contributed by atoms with E-state index in [1.807, 2.05) is 61.5 Å². The van der Waals surface area contributed by atoms with E-state index in [4.69, 9.17) is 4.74 Å². The van der Waals surface area contributed by atoms with Crippen LogP contribution in [0.5, 0.6) is 5.75 Å². The molecule has 2 amide bonds. The normalized spacial score (nSPS) is 16.8. The molecule has 1 heterocycles. The molecular formula is C20H22N2O3. The van der Waals surface area contributed by atoms with Gasteiger partial charge in [0.05, 0.1) is 0 Å². The fourth-order valence-corrected chi connectivity index (χ4v) is 2.94. The predicted molar refractivity (Wildman–Crippen MR) is 96.6 cm³/mol. The third-order valence-electron chi connectivity index (χ3n) is 4.22. The molecule has 130 valence electrons. The number of aryl methyl sites for hydroxylation is 1. The van der Waals surface area contributed by atoms with E-state index in [9.17, 15) is 9.59 Å². The maximum Gasteiger partial charge on any atom is 0.257 e. The number of anilines is 1. The number of carbonyl (C=O) groups is 2. The van der Waals surface area contributed by atoms with Crippen LogP contribution < -0.4 is 15.0 Å². The van der Waals surface area contributed by atoms with Gasteiger partial charge in [-0.1, -0.05) is 30.3 Å². The Morgan fingerprint density at radius 2 is 2.00 bits per heavy atom. The van der Waals surface area contributed by atoms with Crippen LogP contribution in [0.4, 0.5) is 5.69 Å². The highest BCUT2D eigenvalue weighted by atomic mass is 16.5. The Morgan fingerprint density at radius 3 is 2.76 bits per heavy atom. The molecule has 1 atom stereocenters. The number of nitrogens with zero attached hydrogens (tertiary/aromatic N) is 1. The van der Waals surface area contributed by atoms with Crippen molar-refractivity contribution in [2.45, 2.75) is 13.3 Å². The van der Waals surface area contributed by atoms with Crippen molar-refractivity contribution in [3.05, 3.63) is 60.2 Å². The van der Waals surface area contributed by atoms with Crippen molar-refractivity contribution < 1.29 is 14.3 Å². The van der Waals surface area contributed by atoms with Gasteiger partial charge in [0.1, 0.15) is 5.75 Å². The Morgan fingerprint density at radius 1 is 1.20 bits per heavy atom. The number of rotatable bonds is 6. The molecule has 0 saturated carbocycles. The molecular weight excluding hydrogens is 316 g/mol. The maximum atomic E-state index is 12.2. The first-order valence-electron chi connectivity index (χ1n) is 8.43. The molecule has 0 aliphatic carbocycles. The van der Waals surface area contributed by atoms with Gasteiger partial charge < -0.3 is 15.0 Å². The summed E-state index contributed by atoms with van der Waals surface area (Å²) < 4.78 is 5.49. The summed E-state index contributed by atoms with van der Waals surface area (Å²) in [6, 6.07) is 17.2. The summed E-state index contributed by atoms with van der Waals surface area (Å²) in [6.45, 7) is 3.06. The average molecular weight is 338 g/mol. The topological polar surface area (TPSA) is 58.6 Å². The fourth-order valence-electron chi connectivity index (χ4n) is 2.94. The summed E-state index contributed by atoms with van der Waals surface area (Å²) in [6.07, 6.45) is 0.452. The lowest BCUT2D eigenvalue weighted by molar-refractivity contribution is -0.123. The Kier molecular flexibility index (Phi) is 5.33. The zero-order valence-corrected chi connectivity index (χ0v) is 14.3. The summed E-state index contributed by atoms with van der Waals surface area (Å²) in [4.78, 5) is 25.9. The minimum atomic E-state index is -0.174. The van der Waals surface area contributed by atoms with Crippen LogP contribution in [0, 0.1) is 12.8 Å². The van der Waals surface area contributed by atoms with Crippen LogP contribution in [0.15, 0.2) is 54.6 Å². The van der Waals surface area contributed by atoms with Gasteiger partial charge in [-0.2, -0.15) is 0 Å². The zero-order valence-electron chi connectivity index (χ0n) is 14.3. The van der Waals surface area contributed by atoms with Crippen molar-refractivity contribution in [3.8, 4) is 5.75 Å². The van der Waals surface area contributed by atoms with Gasteiger partial charge in [-0.25, -0.2) is 0 Å². The minimum absolute atomic E-state index is 0.0213. The van der Waals surface area contributed by atoms with E-state index in [1.165, 1.54) is 0 Å². The number of ether oxygens (including phenoxy) is 1. The second-order valence-electron chi connectivity index (χ2n) is 6.32. The van der Waals surface area contributed by atoms with Gasteiger partial charge in [-0.05, 0) is 36.8 Å². The maximum absolute atomic E-state index is 12.2. The number of hydrogen-bond acceptors (Lipinski definition) is 3. The van der Waals surface area contributed by atoms with Crippen LogP contribution in [0.1, 0.15) is 12.0 Å². The van der Waals surface area contributed by atoms with Gasteiger partial charge in [0.25, 0.3) is 5.91 Å². The monoisotopic (exact) mass is 338 g/mol. The van der Waals surface area contributed by atoms with E-state index >= 15 is 0 Å². The average Bonchev–Trinajstić information content (AvgIpc) is 3.00. The quantitative estimate of drug-likeness (QED) is 0.880. The van der Waals surface area contributed by atoms with Crippen molar-refractivity contribution in [2.75, 3.05) is 24.6 Å². The first-order chi connectivity index (χ1) is 12.1. The van der Waals surface area contributed by atoms with Crippen molar-refractivity contribution >= 4 is 17.5 Å². The first kappa shape index (κ1) is 17.0. The van der Waals surface area contributed by atoms with E-state index < -0.39 is 0 Å². The predicted octanol–water partition coefficient (Wildman–Crippen LogP) is 2.54. The smallest absolute Gasteiger partial charge is 0.257 e. The van der Waals surface area contributed by atoms with E-state index in [2.05, 4.69) is 5.32 Å². The van der Waals surface area contributed by atoms with E-state index in [0.29, 0.717) is 25.3 Å². The summed E-state index contributed by atoms with van der Waals surface area (Å²) in [5.41, 5.74) is 1.99. The molecule has 1 saturated heterocycles. The fraction of sp³-hybridized carbons (Fsp3) is 0.300. The molecule has 5 nitrogen and oxygen atoms in total. The standard InChI is InChI=1S/C20H22N2O3/c1-15-6-5-9-18(10-15)25-14-19(23)21-12-16-11-20(24)22(13-16)17-7-3-2-4-8-17/h2-10,16H,11-14H2,1H3,(H,21,23)/t16-/m1/s1. The summed E-state index contributed by atoms with van der Waals surface area (Å²) in [5, 5.41) is 2.86. The largest absolute Gasteiger partial charge is 0.484 e. The SMILES string of the molecule is Cc1cccc(OCC(=O)NC[C@H]2CC(=O)N(c3ccccc3)C2)c1. The van der Waals surface area contributed by atoms with Crippen LogP contribution in [-0.4, -0.2) is 31.5 Å². The van der Waals surface area contributed by atoms with Crippen molar-refractivity contribution in [2.24, 2.45) is 5.92 Å². The van der Waals surface area contributed by atoms with Crippen LogP contribution in [0.2, 0.25) is 0 Å². The number of carbonyl (C=O) groups excluding carboxylic acids is 2. The molecule has 1 aliphatic heterocycles. The van der Waals surface area contributed by atoms with Crippen LogP contribution in [-0.2, 0) is 9.59 Å². The van der Waals surface area contributed by atoms with Crippen LogP contribution >= 0.6 is 0 Å². The molecule has 25 heavy (non-hydrogen) atoms. The Hall–Kier alpha value is -2.82. The summed E-state index contributed by atoms with van der Waals surface area (Å²) >= 11 is 0. The van der Waals surface area contributed by atoms with E-state index in [-0.39, 0.29) is 24.3 Å². The van der Waals surface area contributed by atoms with Crippen molar-refractivity contribution in [3.63, 3.8) is 0 Å². The lowest BCUT2D eigenvalue weighted by Gasteiger charge is -2.17. The number of benzene rings is 2. The van der Waals surface area contributed by atoms with Gasteiger partial charge >= 0.3 is 0 Å². The number of amides is 2. The van der Waals surface area contributed by atoms with Gasteiger partial charge in [0.2, 0.25) is 5.91 Å². The van der Waals surface area contributed by atoms with E-state index in [0.717, 1.165) is 11.3 Å². The highest BCUT2D eigenvalue weighted by Gasteiger charge is 2.30. The molecule has 1 aliphatic rings. The second kappa shape index (κ2) is 7.83. The molecule has 0 radical (unpaired) electrons. The van der Waals surface area contributed by atoms with Gasteiger partial charge in [-0.15, -0.1) is 0 Å². The van der Waals surface area contributed by atoms with Crippen LogP contribution in [0.3, 0.4) is 0 Å². The minimum Gasteiger partial charge on any atom is -0.484 e. The van der Waals surface area contributed by atoms with Crippen molar-refractivity contribution in [1.82, 2.24) is 5.32 Å². The van der Waals surface area contributed by atoms with Crippen molar-refractivity contribution in [1.29, 1.82) is 0 Å². The first-order valence-corrected chi connectivity index (χ1v) is 8.43. The third-order valence-corrected chi connectivity index (χ3v) is 4.22. The molecule has 2 aromatic rings. The second-order valence-corrected chi connectivity index (χ2v) is 6.32. The van der Waals surface area contributed by atoms with Crippen LogP contribution in [0.25, 0.3) is 0 Å². The molecule has 1 fully saturated rings. The highest BCUT2D eigenvalue weighted by molar-refractivity contribution is 5.95. The lowest BCUT2D eigenvalue weighted by atomic mass is 10.1. The molecule has 5 heteroatoms. The van der Waals surface area contributed by atoms with Gasteiger partial charge in [0.15, 0.2) is 6.61 Å². The zero-order chi connectivity index (χ0) is 17.6. The Labute approximate surface area is 147 Å². The number of nitrogens with one attached hydrogen (secondary N) is 1. The summed E-state index contributed by atoms with van der Waals surface area (Å²) in [7, 11) is 0. The van der Waals surface area contributed by atoms with Gasteiger partial charge in [0, 0.05) is 31.1 Å². The Bertz CT molecular complexity index is 746. The Balaban J connectivity index is 1.44. The summed E-state index contributed by atoms with van der Waals surface area (Å²) in [5.74, 6) is 0.727. The van der Waals surface area contributed by atoms with Gasteiger partial charge in [-0.3, -0.25) is 9.59 Å². The van der Waals surface area contributed by atoms with E-state index in [1.54, 1.807) is 4.90 Å². The molecule has 0 unspecified atom stereocenters. The molecule has 1 N–H and O–H groups in total. The molecule has 3 rings (SSSR count). The molecule has 0 bridgehead atoms. The molecule has 0 aromatic heterocycles. The molecule has 2 aromatic carbocycles. The highest BCUT2D eigenvalue weighted by Crippen LogP contribution is 2.24. The third kappa shape index (κ3) is 4.59. The lowest BCUT2D eigenvalue weighted by Crippen LogP contribution is -2.34.